The Bertz CT molecular complexity index is 566. The van der Waals surface area contributed by atoms with E-state index in [0.717, 1.165) is 21.8 Å². The van der Waals surface area contributed by atoms with Crippen molar-refractivity contribution in [1.82, 2.24) is 0 Å². The number of nitrogens with one attached hydrogen (secondary N) is 1. The number of rotatable bonds is 3. The molecule has 18 heavy (non-hydrogen) atoms. The number of anilines is 1. The monoisotopic (exact) mass is 263 g/mol. The molecular formula is C15H15ClFN. The molecule has 2 aromatic rings. The van der Waals surface area contributed by atoms with E-state index in [4.69, 9.17) is 11.6 Å². The second-order valence-corrected chi connectivity index (χ2v) is 4.76. The van der Waals surface area contributed by atoms with Crippen molar-refractivity contribution in [2.45, 2.75) is 20.4 Å². The molecule has 2 rings (SSSR count). The van der Waals surface area contributed by atoms with Crippen LogP contribution in [0.15, 0.2) is 36.4 Å². The van der Waals surface area contributed by atoms with Gasteiger partial charge in [-0.25, -0.2) is 4.39 Å². The topological polar surface area (TPSA) is 12.0 Å². The molecule has 0 aliphatic carbocycles. The van der Waals surface area contributed by atoms with E-state index in [2.05, 4.69) is 5.32 Å². The van der Waals surface area contributed by atoms with Gasteiger partial charge in [0.25, 0.3) is 0 Å². The first-order valence-electron chi connectivity index (χ1n) is 5.82. The van der Waals surface area contributed by atoms with Crippen LogP contribution in [0.2, 0.25) is 5.02 Å². The molecule has 0 aliphatic rings. The fraction of sp³-hybridized carbons (Fsp3) is 0.200. The van der Waals surface area contributed by atoms with Gasteiger partial charge in [0.05, 0.1) is 0 Å². The molecule has 0 atom stereocenters. The van der Waals surface area contributed by atoms with Gasteiger partial charge in [-0.15, -0.1) is 0 Å². The van der Waals surface area contributed by atoms with Gasteiger partial charge < -0.3 is 5.32 Å². The third-order valence-electron chi connectivity index (χ3n) is 2.99. The largest absolute Gasteiger partial charge is 0.381 e. The standard InChI is InChI=1S/C15H15ClFN/c1-10-6-7-12(8-14(10)17)9-18-15-5-3-4-13(16)11(15)2/h3-8,18H,9H2,1-2H3. The first kappa shape index (κ1) is 12.9. The van der Waals surface area contributed by atoms with Crippen LogP contribution in [0.3, 0.4) is 0 Å². The van der Waals surface area contributed by atoms with Crippen molar-refractivity contribution in [3.8, 4) is 0 Å². The molecule has 0 radical (unpaired) electrons. The van der Waals surface area contributed by atoms with Gasteiger partial charge in [-0.2, -0.15) is 0 Å². The zero-order valence-corrected chi connectivity index (χ0v) is 11.2. The Kier molecular flexibility index (Phi) is 3.87. The summed E-state index contributed by atoms with van der Waals surface area (Å²) >= 11 is 6.04. The van der Waals surface area contributed by atoms with E-state index in [1.807, 2.05) is 31.2 Å². The molecule has 0 unspecified atom stereocenters. The molecule has 3 heteroatoms. The molecule has 0 heterocycles. The summed E-state index contributed by atoms with van der Waals surface area (Å²) in [6, 6.07) is 11.0. The molecule has 0 bridgehead atoms. The zero-order valence-electron chi connectivity index (χ0n) is 10.4. The van der Waals surface area contributed by atoms with Gasteiger partial charge >= 0.3 is 0 Å². The van der Waals surface area contributed by atoms with E-state index in [9.17, 15) is 4.39 Å². The van der Waals surface area contributed by atoms with E-state index in [-0.39, 0.29) is 5.82 Å². The van der Waals surface area contributed by atoms with E-state index in [1.165, 1.54) is 0 Å². The smallest absolute Gasteiger partial charge is 0.126 e. The maximum Gasteiger partial charge on any atom is 0.126 e. The second-order valence-electron chi connectivity index (χ2n) is 4.35. The second kappa shape index (κ2) is 5.40. The van der Waals surface area contributed by atoms with Crippen LogP contribution in [0.5, 0.6) is 0 Å². The summed E-state index contributed by atoms with van der Waals surface area (Å²) < 4.78 is 13.4. The van der Waals surface area contributed by atoms with Gasteiger partial charge in [0.2, 0.25) is 0 Å². The third kappa shape index (κ3) is 2.82. The molecule has 0 amide bonds. The molecular weight excluding hydrogens is 249 g/mol. The van der Waals surface area contributed by atoms with E-state index in [0.29, 0.717) is 12.1 Å². The maximum atomic E-state index is 13.4. The highest BCUT2D eigenvalue weighted by atomic mass is 35.5. The molecule has 0 saturated carbocycles. The summed E-state index contributed by atoms with van der Waals surface area (Å²) in [4.78, 5) is 0. The minimum Gasteiger partial charge on any atom is -0.381 e. The lowest BCUT2D eigenvalue weighted by molar-refractivity contribution is 0.616. The van der Waals surface area contributed by atoms with Gasteiger partial charge in [0, 0.05) is 17.3 Å². The number of hydrogen-bond acceptors (Lipinski definition) is 1. The van der Waals surface area contributed by atoms with Crippen LogP contribution < -0.4 is 5.32 Å². The Morgan fingerprint density at radius 3 is 2.67 bits per heavy atom. The van der Waals surface area contributed by atoms with Gasteiger partial charge in [-0.3, -0.25) is 0 Å². The average Bonchev–Trinajstić information content (AvgIpc) is 2.35. The summed E-state index contributed by atoms with van der Waals surface area (Å²) in [5, 5.41) is 4.00. The Hall–Kier alpha value is -1.54. The third-order valence-corrected chi connectivity index (χ3v) is 3.40. The number of halogens is 2. The predicted molar refractivity (Wildman–Crippen MR) is 74.7 cm³/mol. The van der Waals surface area contributed by atoms with Crippen molar-refractivity contribution >= 4 is 17.3 Å². The van der Waals surface area contributed by atoms with Crippen LogP contribution in [0.4, 0.5) is 10.1 Å². The summed E-state index contributed by atoms with van der Waals surface area (Å²) in [5.41, 5.74) is 3.56. The normalized spacial score (nSPS) is 10.4. The molecule has 0 fully saturated rings. The van der Waals surface area contributed by atoms with Crippen molar-refractivity contribution in [2.75, 3.05) is 5.32 Å². The summed E-state index contributed by atoms with van der Waals surface area (Å²) in [5.74, 6) is -0.169. The fourth-order valence-electron chi connectivity index (χ4n) is 1.74. The van der Waals surface area contributed by atoms with Crippen molar-refractivity contribution < 1.29 is 4.39 Å². The Balaban J connectivity index is 2.11. The first-order chi connectivity index (χ1) is 8.58. The molecule has 0 aliphatic heterocycles. The van der Waals surface area contributed by atoms with E-state index >= 15 is 0 Å². The zero-order chi connectivity index (χ0) is 13.1. The van der Waals surface area contributed by atoms with Crippen molar-refractivity contribution in [3.05, 3.63) is 63.9 Å². The lowest BCUT2D eigenvalue weighted by Crippen LogP contribution is -2.02. The number of hydrogen-bond donors (Lipinski definition) is 1. The van der Waals surface area contributed by atoms with Gasteiger partial charge in [-0.05, 0) is 48.7 Å². The summed E-state index contributed by atoms with van der Waals surface area (Å²) in [6.45, 7) is 4.30. The lowest BCUT2D eigenvalue weighted by atomic mass is 10.1. The highest BCUT2D eigenvalue weighted by Gasteiger charge is 2.03. The minimum absolute atomic E-state index is 0.169. The molecule has 1 N–H and O–H groups in total. The van der Waals surface area contributed by atoms with Crippen LogP contribution in [0, 0.1) is 19.7 Å². The molecule has 2 aromatic carbocycles. The predicted octanol–water partition coefficient (Wildman–Crippen LogP) is 4.71. The van der Waals surface area contributed by atoms with Gasteiger partial charge in [0.15, 0.2) is 0 Å². The molecule has 94 valence electrons. The fourth-order valence-corrected chi connectivity index (χ4v) is 1.92. The first-order valence-corrected chi connectivity index (χ1v) is 6.20. The van der Waals surface area contributed by atoms with Gasteiger partial charge in [0.1, 0.15) is 5.82 Å². The SMILES string of the molecule is Cc1ccc(CNc2cccc(Cl)c2C)cc1F. The number of aryl methyl sites for hydroxylation is 1. The average molecular weight is 264 g/mol. The van der Waals surface area contributed by atoms with Crippen LogP contribution in [-0.2, 0) is 6.54 Å². The summed E-state index contributed by atoms with van der Waals surface area (Å²) in [7, 11) is 0. The lowest BCUT2D eigenvalue weighted by Gasteiger charge is -2.11. The quantitative estimate of drug-likeness (QED) is 0.846. The Morgan fingerprint density at radius 2 is 1.94 bits per heavy atom. The Labute approximate surface area is 112 Å². The van der Waals surface area contributed by atoms with Crippen molar-refractivity contribution in [1.29, 1.82) is 0 Å². The molecule has 0 aromatic heterocycles. The maximum absolute atomic E-state index is 13.4. The Morgan fingerprint density at radius 1 is 1.17 bits per heavy atom. The minimum atomic E-state index is -0.169. The van der Waals surface area contributed by atoms with Crippen LogP contribution in [-0.4, -0.2) is 0 Å². The highest BCUT2D eigenvalue weighted by Crippen LogP contribution is 2.23. The van der Waals surface area contributed by atoms with Crippen LogP contribution in [0.25, 0.3) is 0 Å². The molecule has 0 saturated heterocycles. The highest BCUT2D eigenvalue weighted by molar-refractivity contribution is 6.31. The molecule has 0 spiro atoms. The van der Waals surface area contributed by atoms with Crippen LogP contribution >= 0.6 is 11.6 Å². The van der Waals surface area contributed by atoms with Crippen molar-refractivity contribution in [2.24, 2.45) is 0 Å². The molecule has 1 nitrogen and oxygen atoms in total. The van der Waals surface area contributed by atoms with E-state index in [1.54, 1.807) is 19.1 Å². The van der Waals surface area contributed by atoms with Gasteiger partial charge in [-0.1, -0.05) is 29.8 Å². The van der Waals surface area contributed by atoms with Crippen LogP contribution in [0.1, 0.15) is 16.7 Å². The number of benzene rings is 2. The van der Waals surface area contributed by atoms with E-state index < -0.39 is 0 Å². The summed E-state index contributed by atoms with van der Waals surface area (Å²) in [6.07, 6.45) is 0. The van der Waals surface area contributed by atoms with Crippen molar-refractivity contribution in [3.63, 3.8) is 0 Å².